The number of hydrogen-bond donors (Lipinski definition) is 3. The van der Waals surface area contributed by atoms with E-state index in [1.807, 2.05) is 30.3 Å². The maximum atomic E-state index is 12.8. The molecule has 146 valence electrons. The molecule has 7 heteroatoms. The maximum Gasteiger partial charge on any atom is 0.344 e. The number of carbonyl (C=O) groups is 3. The molecule has 0 bridgehead atoms. The van der Waals surface area contributed by atoms with Crippen LogP contribution in [-0.4, -0.2) is 48.0 Å². The summed E-state index contributed by atoms with van der Waals surface area (Å²) in [4.78, 5) is 38.6. The molecule has 0 saturated carbocycles. The molecule has 1 aromatic carbocycles. The number of nitrogens with one attached hydrogen (secondary N) is 3. The van der Waals surface area contributed by atoms with Crippen LogP contribution in [0, 0.1) is 0 Å². The third kappa shape index (κ3) is 4.86. The van der Waals surface area contributed by atoms with Gasteiger partial charge in [0.15, 0.2) is 6.54 Å². The minimum absolute atomic E-state index is 0.289. The van der Waals surface area contributed by atoms with Crippen molar-refractivity contribution in [3.8, 4) is 0 Å². The SMILES string of the molecule is C[C@]1(CCc2ccccc2)NC(=O)N(NC(=O)C[NH+]2CCCCCC2)C1=O. The molecule has 7 nitrogen and oxygen atoms in total. The molecule has 1 aromatic rings. The highest BCUT2D eigenvalue weighted by Crippen LogP contribution is 2.22. The van der Waals surface area contributed by atoms with Crippen molar-refractivity contribution in [3.05, 3.63) is 35.9 Å². The molecule has 0 aliphatic carbocycles. The van der Waals surface area contributed by atoms with E-state index in [2.05, 4.69) is 10.7 Å². The number of hydrogen-bond acceptors (Lipinski definition) is 3. The van der Waals surface area contributed by atoms with E-state index in [0.717, 1.165) is 36.5 Å². The zero-order chi connectivity index (χ0) is 19.3. The van der Waals surface area contributed by atoms with Gasteiger partial charge in [0.1, 0.15) is 5.54 Å². The summed E-state index contributed by atoms with van der Waals surface area (Å²) in [5.41, 5.74) is 2.61. The van der Waals surface area contributed by atoms with E-state index in [4.69, 9.17) is 0 Å². The summed E-state index contributed by atoms with van der Waals surface area (Å²) in [6, 6.07) is 9.27. The summed E-state index contributed by atoms with van der Waals surface area (Å²) >= 11 is 0. The monoisotopic (exact) mass is 373 g/mol. The van der Waals surface area contributed by atoms with Crippen molar-refractivity contribution in [2.45, 2.75) is 51.0 Å². The zero-order valence-corrected chi connectivity index (χ0v) is 15.9. The van der Waals surface area contributed by atoms with Gasteiger partial charge in [0, 0.05) is 0 Å². The van der Waals surface area contributed by atoms with Crippen molar-refractivity contribution in [1.82, 2.24) is 15.8 Å². The Labute approximate surface area is 160 Å². The van der Waals surface area contributed by atoms with Crippen LogP contribution >= 0.6 is 0 Å². The highest BCUT2D eigenvalue weighted by Gasteiger charge is 2.48. The quantitative estimate of drug-likeness (QED) is 0.632. The molecule has 2 saturated heterocycles. The summed E-state index contributed by atoms with van der Waals surface area (Å²) in [5.74, 6) is -0.689. The molecule has 3 N–H and O–H groups in total. The second kappa shape index (κ2) is 8.52. The predicted octanol–water partition coefficient (Wildman–Crippen LogP) is 0.420. The first-order valence-electron chi connectivity index (χ1n) is 9.82. The van der Waals surface area contributed by atoms with Gasteiger partial charge >= 0.3 is 6.03 Å². The van der Waals surface area contributed by atoms with Crippen LogP contribution in [0.15, 0.2) is 30.3 Å². The first-order chi connectivity index (χ1) is 13.0. The average Bonchev–Trinajstić information content (AvgIpc) is 2.84. The first kappa shape index (κ1) is 19.4. The number of imide groups is 1. The summed E-state index contributed by atoms with van der Waals surface area (Å²) in [7, 11) is 0. The van der Waals surface area contributed by atoms with Crippen LogP contribution < -0.4 is 15.6 Å². The topological polar surface area (TPSA) is 83.0 Å². The van der Waals surface area contributed by atoms with E-state index in [1.54, 1.807) is 6.92 Å². The largest absolute Gasteiger partial charge is 0.344 e. The van der Waals surface area contributed by atoms with Gasteiger partial charge in [-0.3, -0.25) is 15.0 Å². The van der Waals surface area contributed by atoms with Crippen molar-refractivity contribution in [2.24, 2.45) is 0 Å². The van der Waals surface area contributed by atoms with E-state index < -0.39 is 17.5 Å². The number of hydrazine groups is 1. The van der Waals surface area contributed by atoms with Crippen LogP contribution in [0.25, 0.3) is 0 Å². The minimum Gasteiger partial charge on any atom is -0.327 e. The van der Waals surface area contributed by atoms with E-state index in [-0.39, 0.29) is 12.5 Å². The number of nitrogens with zero attached hydrogens (tertiary/aromatic N) is 1. The molecule has 0 aromatic heterocycles. The summed E-state index contributed by atoms with van der Waals surface area (Å²) in [5, 5.41) is 3.59. The Balaban J connectivity index is 1.55. The lowest BCUT2D eigenvalue weighted by Gasteiger charge is -2.22. The number of quaternary nitrogens is 1. The number of carbonyl (C=O) groups excluding carboxylic acids is 3. The molecule has 3 rings (SSSR count). The summed E-state index contributed by atoms with van der Waals surface area (Å²) in [6.45, 7) is 3.92. The second-order valence-corrected chi connectivity index (χ2v) is 7.76. The lowest BCUT2D eigenvalue weighted by molar-refractivity contribution is -0.891. The Morgan fingerprint density at radius 2 is 1.81 bits per heavy atom. The van der Waals surface area contributed by atoms with Gasteiger partial charge in [-0.2, -0.15) is 5.01 Å². The third-order valence-electron chi connectivity index (χ3n) is 5.48. The molecule has 27 heavy (non-hydrogen) atoms. The number of likely N-dealkylation sites (tertiary alicyclic amines) is 1. The van der Waals surface area contributed by atoms with Crippen LogP contribution in [0.2, 0.25) is 0 Å². The van der Waals surface area contributed by atoms with Crippen LogP contribution in [0.4, 0.5) is 4.79 Å². The van der Waals surface area contributed by atoms with E-state index in [9.17, 15) is 14.4 Å². The van der Waals surface area contributed by atoms with E-state index >= 15 is 0 Å². The average molecular weight is 373 g/mol. The highest BCUT2D eigenvalue weighted by molar-refractivity contribution is 6.07. The standard InChI is InChI=1S/C20H28N4O3/c1-20(12-11-16-9-5-4-6-10-16)18(26)24(19(27)21-20)22-17(25)15-23-13-7-2-3-8-14-23/h4-6,9-10H,2-3,7-8,11-15H2,1H3,(H,21,27)(H,22,25)/p+1/t20-/m1/s1. The molecule has 2 aliphatic heterocycles. The van der Waals surface area contributed by atoms with Gasteiger partial charge in [-0.25, -0.2) is 4.79 Å². The Bertz CT molecular complexity index is 686. The molecule has 2 aliphatic rings. The minimum atomic E-state index is -1.00. The van der Waals surface area contributed by atoms with Crippen molar-refractivity contribution in [3.63, 3.8) is 0 Å². The molecule has 0 unspecified atom stereocenters. The molecule has 1 atom stereocenters. The van der Waals surface area contributed by atoms with Crippen LogP contribution in [0.5, 0.6) is 0 Å². The van der Waals surface area contributed by atoms with Gasteiger partial charge in [0.25, 0.3) is 11.8 Å². The van der Waals surface area contributed by atoms with Crippen molar-refractivity contribution < 1.29 is 19.3 Å². The van der Waals surface area contributed by atoms with Gasteiger partial charge in [0.05, 0.1) is 13.1 Å². The molecule has 2 fully saturated rings. The van der Waals surface area contributed by atoms with Crippen molar-refractivity contribution in [1.29, 1.82) is 0 Å². The van der Waals surface area contributed by atoms with Gasteiger partial charge in [-0.05, 0) is 51.0 Å². The van der Waals surface area contributed by atoms with Crippen LogP contribution in [0.3, 0.4) is 0 Å². The fraction of sp³-hybridized carbons (Fsp3) is 0.550. The Morgan fingerprint density at radius 1 is 1.15 bits per heavy atom. The maximum absolute atomic E-state index is 12.8. The van der Waals surface area contributed by atoms with Crippen LogP contribution in [0.1, 0.15) is 44.6 Å². The van der Waals surface area contributed by atoms with E-state index in [1.165, 1.54) is 17.7 Å². The Hall–Kier alpha value is -2.41. The molecular weight excluding hydrogens is 344 g/mol. The van der Waals surface area contributed by atoms with Gasteiger partial charge in [-0.1, -0.05) is 30.3 Å². The highest BCUT2D eigenvalue weighted by atomic mass is 16.2. The molecule has 0 radical (unpaired) electrons. The van der Waals surface area contributed by atoms with Gasteiger partial charge in [0.2, 0.25) is 0 Å². The Kier molecular flexibility index (Phi) is 6.11. The normalized spacial score (nSPS) is 23.8. The van der Waals surface area contributed by atoms with Crippen molar-refractivity contribution >= 4 is 17.8 Å². The third-order valence-corrected chi connectivity index (χ3v) is 5.48. The fourth-order valence-corrected chi connectivity index (χ4v) is 3.79. The molecular formula is C20H29N4O3+. The molecule has 0 spiro atoms. The fourth-order valence-electron chi connectivity index (χ4n) is 3.79. The van der Waals surface area contributed by atoms with Gasteiger partial charge < -0.3 is 10.2 Å². The van der Waals surface area contributed by atoms with Crippen LogP contribution in [-0.2, 0) is 16.0 Å². The first-order valence-corrected chi connectivity index (χ1v) is 9.82. The lowest BCUT2D eigenvalue weighted by atomic mass is 9.93. The zero-order valence-electron chi connectivity index (χ0n) is 15.9. The van der Waals surface area contributed by atoms with E-state index in [0.29, 0.717) is 12.8 Å². The lowest BCUT2D eigenvalue weighted by Crippen LogP contribution is -3.13. The number of urea groups is 1. The number of benzene rings is 1. The van der Waals surface area contributed by atoms with Gasteiger partial charge in [-0.15, -0.1) is 0 Å². The summed E-state index contributed by atoms with van der Waals surface area (Å²) in [6.07, 6.45) is 5.79. The second-order valence-electron chi connectivity index (χ2n) is 7.76. The number of amides is 4. The summed E-state index contributed by atoms with van der Waals surface area (Å²) < 4.78 is 0. The smallest absolute Gasteiger partial charge is 0.327 e. The van der Waals surface area contributed by atoms with Crippen molar-refractivity contribution in [2.75, 3.05) is 19.6 Å². The molecule has 4 amide bonds. The Morgan fingerprint density at radius 3 is 2.48 bits per heavy atom. The predicted molar refractivity (Wildman–Crippen MR) is 101 cm³/mol. The number of rotatable bonds is 6. The molecule has 2 heterocycles. The number of aryl methyl sites for hydroxylation is 1.